The first-order valence-corrected chi connectivity index (χ1v) is 17.2. The van der Waals surface area contributed by atoms with Gasteiger partial charge >= 0.3 is 0 Å². The fourth-order valence-electron chi connectivity index (χ4n) is 6.82. The van der Waals surface area contributed by atoms with Crippen molar-refractivity contribution < 1.29 is 0 Å². The molecule has 0 atom stereocenters. The van der Waals surface area contributed by atoms with Gasteiger partial charge in [-0.1, -0.05) is 140 Å². The zero-order chi connectivity index (χ0) is 31.9. The molecule has 0 saturated carbocycles. The fraction of sp³-hybridized carbons (Fsp3) is 0. The summed E-state index contributed by atoms with van der Waals surface area (Å²) in [5.74, 6) is 0. The average molecular weight is 630 g/mol. The molecule has 9 rings (SSSR count). The summed E-state index contributed by atoms with van der Waals surface area (Å²) in [5.41, 5.74) is 10.6. The minimum atomic E-state index is 1.12. The van der Waals surface area contributed by atoms with Crippen molar-refractivity contribution in [1.82, 2.24) is 0 Å². The highest BCUT2D eigenvalue weighted by atomic mass is 32.1. The lowest BCUT2D eigenvalue weighted by Crippen LogP contribution is -2.09. The lowest BCUT2D eigenvalue weighted by Gasteiger charge is -2.26. The molecule has 0 unspecified atom stereocenters. The van der Waals surface area contributed by atoms with Gasteiger partial charge in [0.1, 0.15) is 0 Å². The molecule has 0 aliphatic heterocycles. The Morgan fingerprint density at radius 1 is 0.312 bits per heavy atom. The summed E-state index contributed by atoms with van der Waals surface area (Å²) in [5, 5.41) is 5.28. The van der Waals surface area contributed by atoms with Crippen LogP contribution in [0.15, 0.2) is 188 Å². The van der Waals surface area contributed by atoms with E-state index in [0.717, 1.165) is 17.1 Å². The Kier molecular flexibility index (Phi) is 7.07. The van der Waals surface area contributed by atoms with Crippen molar-refractivity contribution in [2.75, 3.05) is 4.90 Å². The molecule has 0 N–H and O–H groups in total. The summed E-state index contributed by atoms with van der Waals surface area (Å²) in [6, 6.07) is 68.0. The van der Waals surface area contributed by atoms with Crippen LogP contribution in [0.1, 0.15) is 0 Å². The van der Waals surface area contributed by atoms with Crippen LogP contribution >= 0.6 is 11.3 Å². The number of benzene rings is 8. The van der Waals surface area contributed by atoms with E-state index in [1.165, 1.54) is 64.3 Å². The Labute approximate surface area is 284 Å². The number of rotatable bonds is 6. The highest BCUT2D eigenvalue weighted by Crippen LogP contribution is 2.41. The number of thiophene rings is 1. The quantitative estimate of drug-likeness (QED) is 0.177. The second kappa shape index (κ2) is 12.0. The van der Waals surface area contributed by atoms with Gasteiger partial charge in [0.15, 0.2) is 0 Å². The van der Waals surface area contributed by atoms with Crippen molar-refractivity contribution in [2.45, 2.75) is 0 Å². The number of hydrogen-bond acceptors (Lipinski definition) is 2. The number of nitrogens with zero attached hydrogens (tertiary/aromatic N) is 1. The molecule has 0 spiro atoms. The van der Waals surface area contributed by atoms with Gasteiger partial charge in [0.25, 0.3) is 0 Å². The van der Waals surface area contributed by atoms with Crippen LogP contribution in [-0.2, 0) is 0 Å². The van der Waals surface area contributed by atoms with Crippen LogP contribution in [0.4, 0.5) is 17.1 Å². The third-order valence-electron chi connectivity index (χ3n) is 9.26. The van der Waals surface area contributed by atoms with Crippen molar-refractivity contribution in [3.63, 3.8) is 0 Å². The number of anilines is 3. The van der Waals surface area contributed by atoms with Gasteiger partial charge in [-0.2, -0.15) is 0 Å². The van der Waals surface area contributed by atoms with Crippen molar-refractivity contribution in [3.05, 3.63) is 188 Å². The Bertz CT molecular complexity index is 2530. The lowest BCUT2D eigenvalue weighted by atomic mass is 9.99. The van der Waals surface area contributed by atoms with Gasteiger partial charge in [-0.25, -0.2) is 0 Å². The molecule has 48 heavy (non-hydrogen) atoms. The Morgan fingerprint density at radius 2 is 0.854 bits per heavy atom. The molecule has 226 valence electrons. The predicted molar refractivity (Wildman–Crippen MR) is 208 cm³/mol. The van der Waals surface area contributed by atoms with Crippen LogP contribution in [0.2, 0.25) is 0 Å². The highest BCUT2D eigenvalue weighted by molar-refractivity contribution is 7.26. The van der Waals surface area contributed by atoms with Gasteiger partial charge in [-0.3, -0.25) is 0 Å². The van der Waals surface area contributed by atoms with E-state index >= 15 is 0 Å². The maximum Gasteiger partial charge on any atom is 0.0467 e. The van der Waals surface area contributed by atoms with Crippen molar-refractivity contribution >= 4 is 59.3 Å². The molecule has 0 bridgehead atoms. The number of fused-ring (bicyclic) bond motifs is 5. The average Bonchev–Trinajstić information content (AvgIpc) is 3.55. The molecular weight excluding hydrogens is 599 g/mol. The van der Waals surface area contributed by atoms with E-state index in [1.54, 1.807) is 0 Å². The van der Waals surface area contributed by atoms with E-state index in [9.17, 15) is 0 Å². The first-order valence-electron chi connectivity index (χ1n) is 16.3. The van der Waals surface area contributed by atoms with Gasteiger partial charge in [-0.05, 0) is 92.7 Å². The van der Waals surface area contributed by atoms with Crippen LogP contribution < -0.4 is 4.90 Å². The van der Waals surface area contributed by atoms with Gasteiger partial charge in [-0.15, -0.1) is 11.3 Å². The Hall–Kier alpha value is -5.96. The van der Waals surface area contributed by atoms with Crippen LogP contribution in [0.3, 0.4) is 0 Å². The smallest absolute Gasteiger partial charge is 0.0467 e. The second-order valence-corrected chi connectivity index (χ2v) is 13.2. The Balaban J connectivity index is 1.07. The van der Waals surface area contributed by atoms with Crippen LogP contribution in [0.5, 0.6) is 0 Å². The van der Waals surface area contributed by atoms with E-state index in [-0.39, 0.29) is 0 Å². The van der Waals surface area contributed by atoms with E-state index in [4.69, 9.17) is 0 Å². The molecule has 0 aliphatic rings. The highest BCUT2D eigenvalue weighted by Gasteiger charge is 2.15. The van der Waals surface area contributed by atoms with Crippen molar-refractivity contribution in [2.24, 2.45) is 0 Å². The molecule has 0 amide bonds. The molecule has 0 saturated heterocycles. The fourth-order valence-corrected chi connectivity index (χ4v) is 8.04. The largest absolute Gasteiger partial charge is 0.310 e. The van der Waals surface area contributed by atoms with Gasteiger partial charge in [0, 0.05) is 37.2 Å². The first-order chi connectivity index (χ1) is 23.8. The van der Waals surface area contributed by atoms with Crippen LogP contribution in [0.25, 0.3) is 64.3 Å². The normalized spacial score (nSPS) is 11.3. The standard InChI is InChI=1S/C46H31NS/c1-3-10-32(11-4-1)33-18-20-34(21-19-33)37-13-9-16-41(30-37)47(39-14-5-2-6-15-39)40-26-22-35(23-27-40)38-25-29-45-44(31-38)43-28-24-36-12-7-8-17-42(36)46(43)48-45/h1-31H. The second-order valence-electron chi connectivity index (χ2n) is 12.2. The zero-order valence-electron chi connectivity index (χ0n) is 26.3. The molecule has 1 heterocycles. The molecule has 0 radical (unpaired) electrons. The minimum Gasteiger partial charge on any atom is -0.310 e. The zero-order valence-corrected chi connectivity index (χ0v) is 27.1. The third kappa shape index (κ3) is 5.13. The van der Waals surface area contributed by atoms with Crippen LogP contribution in [-0.4, -0.2) is 0 Å². The molecule has 0 aliphatic carbocycles. The van der Waals surface area contributed by atoms with E-state index < -0.39 is 0 Å². The summed E-state index contributed by atoms with van der Waals surface area (Å²) in [6.45, 7) is 0. The summed E-state index contributed by atoms with van der Waals surface area (Å²) < 4.78 is 2.69. The van der Waals surface area contributed by atoms with Gasteiger partial charge in [0.2, 0.25) is 0 Å². The van der Waals surface area contributed by atoms with Crippen LogP contribution in [0, 0.1) is 0 Å². The maximum absolute atomic E-state index is 2.36. The molecule has 2 heteroatoms. The summed E-state index contributed by atoms with van der Waals surface area (Å²) in [7, 11) is 0. The summed E-state index contributed by atoms with van der Waals surface area (Å²) in [6.07, 6.45) is 0. The topological polar surface area (TPSA) is 3.24 Å². The molecule has 1 aromatic heterocycles. The Morgan fingerprint density at radius 3 is 1.62 bits per heavy atom. The molecule has 9 aromatic rings. The summed E-state index contributed by atoms with van der Waals surface area (Å²) in [4.78, 5) is 2.34. The van der Waals surface area contributed by atoms with E-state index in [1.807, 2.05) is 11.3 Å². The van der Waals surface area contributed by atoms with E-state index in [2.05, 4.69) is 193 Å². The molecule has 0 fully saturated rings. The first kappa shape index (κ1) is 28.3. The lowest BCUT2D eigenvalue weighted by molar-refractivity contribution is 1.28. The maximum atomic E-state index is 2.36. The molecular formula is C46H31NS. The van der Waals surface area contributed by atoms with E-state index in [0.29, 0.717) is 0 Å². The minimum absolute atomic E-state index is 1.12. The molecule has 1 nitrogen and oxygen atoms in total. The third-order valence-corrected chi connectivity index (χ3v) is 10.5. The summed E-state index contributed by atoms with van der Waals surface area (Å²) >= 11 is 1.89. The van der Waals surface area contributed by atoms with Gasteiger partial charge in [0.05, 0.1) is 0 Å². The SMILES string of the molecule is c1ccc(-c2ccc(-c3cccc(N(c4ccccc4)c4ccc(-c5ccc6sc7c8ccccc8ccc7c6c5)cc4)c3)cc2)cc1. The van der Waals surface area contributed by atoms with Crippen molar-refractivity contribution in [3.8, 4) is 33.4 Å². The predicted octanol–water partition coefficient (Wildman–Crippen LogP) is 13.7. The number of hydrogen-bond donors (Lipinski definition) is 0. The monoisotopic (exact) mass is 629 g/mol. The van der Waals surface area contributed by atoms with Gasteiger partial charge < -0.3 is 4.90 Å². The number of para-hydroxylation sites is 1. The molecule has 8 aromatic carbocycles. The van der Waals surface area contributed by atoms with Crippen molar-refractivity contribution in [1.29, 1.82) is 0 Å².